The molecule has 3 aromatic rings. The Kier molecular flexibility index (Phi) is 6.93. The minimum atomic E-state index is -1.01. The van der Waals surface area contributed by atoms with Crippen LogP contribution in [0, 0.1) is 11.2 Å². The normalized spacial score (nSPS) is 22.3. The fourth-order valence-electron chi connectivity index (χ4n) is 5.83. The van der Waals surface area contributed by atoms with E-state index < -0.39 is 16.6 Å². The molecule has 2 aliphatic heterocycles. The zero-order valence-corrected chi connectivity index (χ0v) is 22.7. The van der Waals surface area contributed by atoms with Crippen LogP contribution in [0.3, 0.4) is 0 Å². The molecule has 1 atom stereocenters. The van der Waals surface area contributed by atoms with Crippen LogP contribution in [-0.2, 0) is 17.8 Å². The Morgan fingerprint density at radius 2 is 1.87 bits per heavy atom. The predicted octanol–water partition coefficient (Wildman–Crippen LogP) is 5.78. The van der Waals surface area contributed by atoms with E-state index in [1.165, 1.54) is 12.1 Å². The first-order chi connectivity index (χ1) is 18.0. The van der Waals surface area contributed by atoms with Crippen LogP contribution in [0.15, 0.2) is 66.9 Å². The first kappa shape index (κ1) is 26.5. The molecule has 3 heterocycles. The maximum absolute atomic E-state index is 13.5. The Labute approximate surface area is 224 Å². The number of rotatable bonds is 5. The molecule has 6 heteroatoms. The van der Waals surface area contributed by atoms with E-state index in [-0.39, 0.29) is 5.82 Å². The van der Waals surface area contributed by atoms with Crippen LogP contribution < -0.4 is 4.74 Å². The topological polar surface area (TPSA) is 65.8 Å². The Morgan fingerprint density at radius 1 is 1.11 bits per heavy atom. The fourth-order valence-corrected chi connectivity index (χ4v) is 5.83. The average molecular weight is 517 g/mol. The molecule has 38 heavy (non-hydrogen) atoms. The number of benzene rings is 2. The second-order valence-corrected chi connectivity index (χ2v) is 11.7. The van der Waals surface area contributed by atoms with Gasteiger partial charge < -0.3 is 19.8 Å². The van der Waals surface area contributed by atoms with Gasteiger partial charge in [0.2, 0.25) is 0 Å². The molecule has 5 nitrogen and oxygen atoms in total. The van der Waals surface area contributed by atoms with Crippen molar-refractivity contribution in [2.45, 2.75) is 58.3 Å². The Hall–Kier alpha value is -3.06. The highest BCUT2D eigenvalue weighted by Gasteiger charge is 2.48. The molecule has 0 bridgehead atoms. The third-order valence-electron chi connectivity index (χ3n) is 8.16. The molecule has 2 aliphatic rings. The zero-order valence-electron chi connectivity index (χ0n) is 22.7. The van der Waals surface area contributed by atoms with Gasteiger partial charge in [-0.2, -0.15) is 0 Å². The summed E-state index contributed by atoms with van der Waals surface area (Å²) in [4.78, 5) is 6.96. The quantitative estimate of drug-likeness (QED) is 0.450. The Morgan fingerprint density at radius 3 is 2.58 bits per heavy atom. The summed E-state index contributed by atoms with van der Waals surface area (Å²) < 4.78 is 19.6. The van der Waals surface area contributed by atoms with Gasteiger partial charge >= 0.3 is 0 Å². The van der Waals surface area contributed by atoms with Gasteiger partial charge in [0.15, 0.2) is 0 Å². The van der Waals surface area contributed by atoms with Crippen molar-refractivity contribution in [1.82, 2.24) is 9.88 Å². The van der Waals surface area contributed by atoms with Crippen molar-refractivity contribution >= 4 is 5.57 Å². The van der Waals surface area contributed by atoms with Crippen LogP contribution >= 0.6 is 0 Å². The maximum Gasteiger partial charge on any atom is 0.131 e. The van der Waals surface area contributed by atoms with E-state index in [1.54, 1.807) is 32.2 Å². The number of aliphatic hydroxyl groups is 2. The van der Waals surface area contributed by atoms with Gasteiger partial charge in [-0.1, -0.05) is 44.2 Å². The minimum Gasteiger partial charge on any atom is -0.487 e. The number of hydrogen-bond acceptors (Lipinski definition) is 5. The lowest BCUT2D eigenvalue weighted by atomic mass is 9.66. The van der Waals surface area contributed by atoms with Gasteiger partial charge in [0, 0.05) is 42.4 Å². The molecule has 0 aliphatic carbocycles. The number of ether oxygens (including phenoxy) is 1. The molecule has 200 valence electrons. The van der Waals surface area contributed by atoms with Gasteiger partial charge in [-0.05, 0) is 73.7 Å². The summed E-state index contributed by atoms with van der Waals surface area (Å²) in [6, 6.07) is 16.2. The third kappa shape index (κ3) is 5.00. The summed E-state index contributed by atoms with van der Waals surface area (Å²) in [6.45, 7) is 10.5. The van der Waals surface area contributed by atoms with E-state index in [9.17, 15) is 14.6 Å². The number of piperidine rings is 1. The molecular formula is C32H37FN2O3. The molecular weight excluding hydrogens is 479 g/mol. The van der Waals surface area contributed by atoms with E-state index in [0.29, 0.717) is 13.0 Å². The fraction of sp³-hybridized carbons (Fsp3) is 0.406. The van der Waals surface area contributed by atoms with Crippen molar-refractivity contribution in [3.8, 4) is 5.75 Å². The van der Waals surface area contributed by atoms with E-state index >= 15 is 0 Å². The van der Waals surface area contributed by atoms with Crippen molar-refractivity contribution < 1.29 is 19.3 Å². The highest BCUT2D eigenvalue weighted by Crippen LogP contribution is 2.46. The van der Waals surface area contributed by atoms with Gasteiger partial charge in [0.1, 0.15) is 18.2 Å². The average Bonchev–Trinajstić information content (AvgIpc) is 3.02. The SMILES string of the molecule is CC(C)(O)c1ccc2c(c1)/C(=C/CCN1CC[C@](O)(c3ccc(F)cc3)C(C)(C)C1)c1cccnc1CO2. The summed E-state index contributed by atoms with van der Waals surface area (Å²) in [5.41, 5.74) is 3.18. The number of nitrogens with zero attached hydrogens (tertiary/aromatic N) is 2. The summed E-state index contributed by atoms with van der Waals surface area (Å²) >= 11 is 0. The number of hydrogen-bond donors (Lipinski definition) is 2. The van der Waals surface area contributed by atoms with Gasteiger partial charge in [-0.3, -0.25) is 4.98 Å². The minimum absolute atomic E-state index is 0.294. The lowest BCUT2D eigenvalue weighted by Gasteiger charge is -2.50. The monoisotopic (exact) mass is 516 g/mol. The van der Waals surface area contributed by atoms with Crippen LogP contribution in [0.25, 0.3) is 5.57 Å². The van der Waals surface area contributed by atoms with E-state index in [1.807, 2.05) is 24.3 Å². The largest absolute Gasteiger partial charge is 0.487 e. The Balaban J connectivity index is 1.39. The molecule has 0 spiro atoms. The summed E-state index contributed by atoms with van der Waals surface area (Å²) in [7, 11) is 0. The number of likely N-dealkylation sites (tertiary alicyclic amines) is 1. The van der Waals surface area contributed by atoms with Gasteiger partial charge in [-0.15, -0.1) is 0 Å². The van der Waals surface area contributed by atoms with E-state index in [0.717, 1.165) is 65.3 Å². The number of halogens is 1. The highest BCUT2D eigenvalue weighted by molar-refractivity contribution is 5.84. The van der Waals surface area contributed by atoms with Crippen LogP contribution in [0.5, 0.6) is 5.75 Å². The molecule has 2 N–H and O–H groups in total. The Bertz CT molecular complexity index is 1340. The van der Waals surface area contributed by atoms with E-state index in [4.69, 9.17) is 4.74 Å². The second kappa shape index (κ2) is 9.92. The molecule has 0 saturated carbocycles. The van der Waals surface area contributed by atoms with Gasteiger partial charge in [-0.25, -0.2) is 4.39 Å². The van der Waals surface area contributed by atoms with Crippen LogP contribution in [0.1, 0.15) is 68.5 Å². The molecule has 5 rings (SSSR count). The van der Waals surface area contributed by atoms with Crippen molar-refractivity contribution in [3.05, 3.63) is 101 Å². The van der Waals surface area contributed by atoms with Gasteiger partial charge in [0.05, 0.1) is 16.9 Å². The standard InChI is InChI=1S/C32H37FN2O3/c1-30(2)21-35(18-15-32(30,37)22-9-12-24(33)13-10-22)17-6-8-25-26-7-5-16-34-28(26)20-38-29-14-11-23(19-27(25)29)31(3,4)36/h5,7-14,16,19,36-37H,6,15,17-18,20-21H2,1-4H3/b25-8+/t32-/m0/s1. The maximum atomic E-state index is 13.5. The summed E-state index contributed by atoms with van der Waals surface area (Å²) in [5.74, 6) is 0.489. The van der Waals surface area contributed by atoms with E-state index in [2.05, 4.69) is 35.9 Å². The second-order valence-electron chi connectivity index (χ2n) is 11.7. The third-order valence-corrected chi connectivity index (χ3v) is 8.16. The zero-order chi connectivity index (χ0) is 27.1. The first-order valence-corrected chi connectivity index (χ1v) is 13.3. The molecule has 2 aromatic carbocycles. The van der Waals surface area contributed by atoms with Crippen LogP contribution in [0.4, 0.5) is 4.39 Å². The lowest BCUT2D eigenvalue weighted by Crippen LogP contribution is -2.55. The molecule has 0 amide bonds. The number of pyridine rings is 1. The lowest BCUT2D eigenvalue weighted by molar-refractivity contribution is -0.125. The molecule has 1 fully saturated rings. The molecule has 1 aromatic heterocycles. The summed E-state index contributed by atoms with van der Waals surface area (Å²) in [5, 5.41) is 22.3. The van der Waals surface area contributed by atoms with Crippen molar-refractivity contribution in [2.75, 3.05) is 19.6 Å². The first-order valence-electron chi connectivity index (χ1n) is 13.3. The molecule has 0 radical (unpaired) electrons. The number of aromatic nitrogens is 1. The smallest absolute Gasteiger partial charge is 0.131 e. The summed E-state index contributed by atoms with van der Waals surface area (Å²) in [6.07, 6.45) is 5.42. The highest BCUT2D eigenvalue weighted by atomic mass is 19.1. The van der Waals surface area contributed by atoms with Crippen molar-refractivity contribution in [3.63, 3.8) is 0 Å². The molecule has 1 saturated heterocycles. The number of fused-ring (bicyclic) bond motifs is 2. The predicted molar refractivity (Wildman–Crippen MR) is 147 cm³/mol. The van der Waals surface area contributed by atoms with Gasteiger partial charge in [0.25, 0.3) is 0 Å². The van der Waals surface area contributed by atoms with Crippen molar-refractivity contribution in [2.24, 2.45) is 5.41 Å². The molecule has 0 unspecified atom stereocenters. The van der Waals surface area contributed by atoms with Crippen molar-refractivity contribution in [1.29, 1.82) is 0 Å². The van der Waals surface area contributed by atoms with Crippen LogP contribution in [0.2, 0.25) is 0 Å². The van der Waals surface area contributed by atoms with Crippen LogP contribution in [-0.4, -0.2) is 39.7 Å².